The number of hydrogen-bond acceptors (Lipinski definition) is 6. The first kappa shape index (κ1) is 17.8. The van der Waals surface area contributed by atoms with Gasteiger partial charge in [0.15, 0.2) is 28.6 Å². The van der Waals surface area contributed by atoms with E-state index in [1.807, 2.05) is 69.9 Å². The Kier molecular flexibility index (Phi) is 4.69. The molecular formula is C21H19N5O2S. The lowest BCUT2D eigenvalue weighted by Gasteiger charge is -2.26. The number of imidazole rings is 1. The van der Waals surface area contributed by atoms with Gasteiger partial charge in [0.2, 0.25) is 0 Å². The van der Waals surface area contributed by atoms with Crippen LogP contribution in [0.2, 0.25) is 0 Å². The van der Waals surface area contributed by atoms with E-state index in [2.05, 4.69) is 21.8 Å². The maximum absolute atomic E-state index is 6.11. The number of thioether (sulfide) groups is 1. The van der Waals surface area contributed by atoms with Crippen molar-refractivity contribution in [2.24, 2.45) is 0 Å². The highest BCUT2D eigenvalue weighted by Gasteiger charge is 2.28. The predicted octanol–water partition coefficient (Wildman–Crippen LogP) is 3.92. The van der Waals surface area contributed by atoms with Gasteiger partial charge < -0.3 is 13.9 Å². The van der Waals surface area contributed by atoms with Crippen LogP contribution < -0.4 is 9.47 Å². The monoisotopic (exact) mass is 405 g/mol. The Morgan fingerprint density at radius 2 is 2.00 bits per heavy atom. The number of ether oxygens (including phenoxy) is 2. The summed E-state index contributed by atoms with van der Waals surface area (Å²) in [5, 5.41) is 9.60. The molecule has 0 aliphatic carbocycles. The first-order chi connectivity index (χ1) is 14.3. The molecule has 0 bridgehead atoms. The van der Waals surface area contributed by atoms with E-state index in [4.69, 9.17) is 9.47 Å². The second kappa shape index (κ2) is 7.63. The highest BCUT2D eigenvalue weighted by molar-refractivity contribution is 7.98. The highest BCUT2D eigenvalue weighted by atomic mass is 32.2. The standard InChI is InChI=1S/C21H19N5O2S/c1-2-10-26-20(18-13-27-16-7-3-4-8-17(16)28-18)23-24-21(26)29-14-15-12-25-11-6-5-9-19(25)22-15/h2-9,11-12,18H,1,10,13-14H2/t18-/m0/s1. The van der Waals surface area contributed by atoms with E-state index in [1.54, 1.807) is 11.8 Å². The number of fused-ring (bicyclic) bond motifs is 2. The molecule has 0 unspecified atom stereocenters. The van der Waals surface area contributed by atoms with Crippen LogP contribution in [0.3, 0.4) is 0 Å². The quantitative estimate of drug-likeness (QED) is 0.358. The van der Waals surface area contributed by atoms with Crippen LogP contribution in [-0.2, 0) is 12.3 Å². The summed E-state index contributed by atoms with van der Waals surface area (Å²) in [6.45, 7) is 4.86. The van der Waals surface area contributed by atoms with Crippen LogP contribution in [0.1, 0.15) is 17.6 Å². The zero-order valence-electron chi connectivity index (χ0n) is 15.6. The zero-order valence-corrected chi connectivity index (χ0v) is 16.5. The Morgan fingerprint density at radius 3 is 2.86 bits per heavy atom. The molecule has 7 nitrogen and oxygen atoms in total. The summed E-state index contributed by atoms with van der Waals surface area (Å²) in [7, 11) is 0. The molecule has 0 radical (unpaired) electrons. The Bertz CT molecular complexity index is 1140. The lowest BCUT2D eigenvalue weighted by Crippen LogP contribution is -2.25. The fourth-order valence-electron chi connectivity index (χ4n) is 3.29. The van der Waals surface area contributed by atoms with Crippen LogP contribution in [0.5, 0.6) is 11.5 Å². The van der Waals surface area contributed by atoms with E-state index in [1.165, 1.54) is 0 Å². The number of hydrogen-bond donors (Lipinski definition) is 0. The topological polar surface area (TPSA) is 66.5 Å². The summed E-state index contributed by atoms with van der Waals surface area (Å²) < 4.78 is 16.0. The van der Waals surface area contributed by atoms with Gasteiger partial charge in [-0.25, -0.2) is 4.98 Å². The van der Waals surface area contributed by atoms with E-state index in [0.29, 0.717) is 18.9 Å². The van der Waals surface area contributed by atoms with Gasteiger partial charge in [-0.2, -0.15) is 0 Å². The minimum Gasteiger partial charge on any atom is -0.485 e. The van der Waals surface area contributed by atoms with E-state index < -0.39 is 0 Å². The molecule has 1 atom stereocenters. The second-order valence-electron chi connectivity index (χ2n) is 6.59. The number of allylic oxidation sites excluding steroid dienone is 1. The summed E-state index contributed by atoms with van der Waals surface area (Å²) >= 11 is 1.60. The fourth-order valence-corrected chi connectivity index (χ4v) is 4.13. The maximum Gasteiger partial charge on any atom is 0.192 e. The first-order valence-corrected chi connectivity index (χ1v) is 10.3. The van der Waals surface area contributed by atoms with E-state index in [-0.39, 0.29) is 6.10 Å². The lowest BCUT2D eigenvalue weighted by molar-refractivity contribution is 0.0821. The molecular weight excluding hydrogens is 386 g/mol. The predicted molar refractivity (Wildman–Crippen MR) is 110 cm³/mol. The van der Waals surface area contributed by atoms with Crippen LogP contribution in [-0.4, -0.2) is 30.8 Å². The molecule has 0 saturated heterocycles. The minimum absolute atomic E-state index is 0.318. The summed E-state index contributed by atoms with van der Waals surface area (Å²) in [5.41, 5.74) is 1.92. The third kappa shape index (κ3) is 3.47. The largest absolute Gasteiger partial charge is 0.485 e. The molecule has 4 aromatic rings. The molecule has 3 aromatic heterocycles. The van der Waals surface area contributed by atoms with Crippen molar-refractivity contribution in [2.75, 3.05) is 6.61 Å². The average Bonchev–Trinajstić information content (AvgIpc) is 3.36. The van der Waals surface area contributed by atoms with Crippen molar-refractivity contribution in [3.05, 3.63) is 79.0 Å². The minimum atomic E-state index is -0.318. The number of benzene rings is 1. The van der Waals surface area contributed by atoms with Crippen molar-refractivity contribution in [2.45, 2.75) is 23.6 Å². The molecule has 0 spiro atoms. The van der Waals surface area contributed by atoms with E-state index in [9.17, 15) is 0 Å². The number of para-hydroxylation sites is 2. The van der Waals surface area contributed by atoms with Crippen molar-refractivity contribution >= 4 is 17.4 Å². The lowest BCUT2D eigenvalue weighted by atomic mass is 10.2. The van der Waals surface area contributed by atoms with Gasteiger partial charge in [-0.3, -0.25) is 4.57 Å². The molecule has 0 saturated carbocycles. The molecule has 0 fully saturated rings. The highest BCUT2D eigenvalue weighted by Crippen LogP contribution is 2.36. The Morgan fingerprint density at radius 1 is 1.14 bits per heavy atom. The normalized spacial score (nSPS) is 15.5. The third-order valence-electron chi connectivity index (χ3n) is 4.62. The molecule has 0 amide bonds. The Hall–Kier alpha value is -3.26. The second-order valence-corrected chi connectivity index (χ2v) is 7.53. The fraction of sp³-hybridized carbons (Fsp3) is 0.190. The Labute approximate surface area is 172 Å². The van der Waals surface area contributed by atoms with Crippen LogP contribution >= 0.6 is 11.8 Å². The Balaban J connectivity index is 1.37. The number of aromatic nitrogens is 5. The summed E-state index contributed by atoms with van der Waals surface area (Å²) in [4.78, 5) is 4.64. The summed E-state index contributed by atoms with van der Waals surface area (Å²) in [5.74, 6) is 2.90. The van der Waals surface area contributed by atoms with Gasteiger partial charge in [0.25, 0.3) is 0 Å². The first-order valence-electron chi connectivity index (χ1n) is 9.29. The SMILES string of the molecule is C=CCn1c(SCc2cn3ccccc3n2)nnc1[C@@H]1COc2ccccc2O1. The van der Waals surface area contributed by atoms with Crippen LogP contribution in [0, 0.1) is 0 Å². The summed E-state index contributed by atoms with van der Waals surface area (Å²) in [6.07, 6.45) is 5.54. The van der Waals surface area contributed by atoms with Crippen LogP contribution in [0.4, 0.5) is 0 Å². The van der Waals surface area contributed by atoms with Gasteiger partial charge in [0.1, 0.15) is 12.3 Å². The van der Waals surface area contributed by atoms with E-state index >= 15 is 0 Å². The molecule has 146 valence electrons. The van der Waals surface area contributed by atoms with Crippen molar-refractivity contribution in [3.63, 3.8) is 0 Å². The van der Waals surface area contributed by atoms with Crippen molar-refractivity contribution in [1.82, 2.24) is 24.1 Å². The third-order valence-corrected chi connectivity index (χ3v) is 5.62. The molecule has 29 heavy (non-hydrogen) atoms. The molecule has 1 aliphatic rings. The zero-order chi connectivity index (χ0) is 19.6. The molecule has 1 aromatic carbocycles. The van der Waals surface area contributed by atoms with Crippen LogP contribution in [0.15, 0.2) is 72.7 Å². The molecule has 8 heteroatoms. The molecule has 1 aliphatic heterocycles. The summed E-state index contributed by atoms with van der Waals surface area (Å²) in [6, 6.07) is 13.6. The van der Waals surface area contributed by atoms with Gasteiger partial charge in [-0.15, -0.1) is 16.8 Å². The molecule has 4 heterocycles. The molecule has 0 N–H and O–H groups in total. The maximum atomic E-state index is 6.11. The number of nitrogens with zero attached hydrogens (tertiary/aromatic N) is 5. The number of pyridine rings is 1. The number of rotatable bonds is 6. The van der Waals surface area contributed by atoms with Gasteiger partial charge in [0.05, 0.1) is 5.69 Å². The van der Waals surface area contributed by atoms with Crippen molar-refractivity contribution in [1.29, 1.82) is 0 Å². The van der Waals surface area contributed by atoms with Gasteiger partial charge >= 0.3 is 0 Å². The smallest absolute Gasteiger partial charge is 0.192 e. The average molecular weight is 405 g/mol. The molecule has 5 rings (SSSR count). The van der Waals surface area contributed by atoms with Gasteiger partial charge in [-0.05, 0) is 24.3 Å². The van der Waals surface area contributed by atoms with Gasteiger partial charge in [-0.1, -0.05) is 36.0 Å². The van der Waals surface area contributed by atoms with Crippen LogP contribution in [0.25, 0.3) is 5.65 Å². The van der Waals surface area contributed by atoms with Crippen molar-refractivity contribution < 1.29 is 9.47 Å². The van der Waals surface area contributed by atoms with Crippen molar-refractivity contribution in [3.8, 4) is 11.5 Å². The van der Waals surface area contributed by atoms with Gasteiger partial charge in [0, 0.05) is 24.7 Å². The van der Waals surface area contributed by atoms with E-state index in [0.717, 1.165) is 33.8 Å².